The Hall–Kier alpha value is -0.370. The molecule has 1 heterocycles. The average Bonchev–Trinajstić information content (AvgIpc) is 2.44. The molecule has 2 heteroatoms. The molecule has 2 nitrogen and oxygen atoms in total. The summed E-state index contributed by atoms with van der Waals surface area (Å²) in [5, 5.41) is 0. The molecule has 94 valence electrons. The standard InChI is InChI=1S/C14H27NO/c1-12(2,3)11(16)14(7)9-8-10-15(14)13(4,5)6/h8-10H2,1-7H3/t14-/m1/s1. The predicted molar refractivity (Wildman–Crippen MR) is 68.6 cm³/mol. The summed E-state index contributed by atoms with van der Waals surface area (Å²) < 4.78 is 0. The van der Waals surface area contributed by atoms with E-state index in [1.54, 1.807) is 0 Å². The Kier molecular flexibility index (Phi) is 3.28. The number of likely N-dealkylation sites (tertiary alicyclic amines) is 1. The third-order valence-electron chi connectivity index (χ3n) is 3.62. The summed E-state index contributed by atoms with van der Waals surface area (Å²) in [5.74, 6) is 0.382. The number of hydrogen-bond acceptors (Lipinski definition) is 2. The second-order valence-corrected chi connectivity index (χ2v) is 7.28. The molecule has 0 aromatic rings. The molecule has 0 unspecified atom stereocenters. The fourth-order valence-electron chi connectivity index (χ4n) is 3.08. The number of Topliss-reactive ketones (excluding diaryl/α,β-unsaturated/α-hetero) is 1. The van der Waals surface area contributed by atoms with Crippen LogP contribution in [0.25, 0.3) is 0 Å². The number of carbonyl (C=O) groups excluding carboxylic acids is 1. The highest BCUT2D eigenvalue weighted by Gasteiger charge is 2.50. The van der Waals surface area contributed by atoms with Crippen LogP contribution in [0.15, 0.2) is 0 Å². The molecule has 0 aromatic carbocycles. The lowest BCUT2D eigenvalue weighted by Crippen LogP contribution is -2.58. The van der Waals surface area contributed by atoms with Gasteiger partial charge in [-0.1, -0.05) is 20.8 Å². The molecule has 0 amide bonds. The van der Waals surface area contributed by atoms with Gasteiger partial charge in [0.05, 0.1) is 5.54 Å². The SMILES string of the molecule is CC(C)(C)C(=O)[C@@]1(C)CCCN1C(C)(C)C. The number of ketones is 1. The van der Waals surface area contributed by atoms with Crippen LogP contribution in [-0.2, 0) is 4.79 Å². The summed E-state index contributed by atoms with van der Waals surface area (Å²) >= 11 is 0. The minimum atomic E-state index is -0.267. The van der Waals surface area contributed by atoms with Gasteiger partial charge in [-0.05, 0) is 47.1 Å². The maximum absolute atomic E-state index is 12.6. The zero-order valence-electron chi connectivity index (χ0n) is 12.0. The van der Waals surface area contributed by atoms with Crippen LogP contribution in [0.2, 0.25) is 0 Å². The van der Waals surface area contributed by atoms with E-state index in [2.05, 4.69) is 32.6 Å². The van der Waals surface area contributed by atoms with Crippen LogP contribution in [0, 0.1) is 5.41 Å². The molecule has 0 bridgehead atoms. The first-order chi connectivity index (χ1) is 6.99. The number of nitrogens with zero attached hydrogens (tertiary/aromatic N) is 1. The summed E-state index contributed by atoms with van der Waals surface area (Å²) in [4.78, 5) is 15.0. The van der Waals surface area contributed by atoms with E-state index in [1.165, 1.54) is 0 Å². The normalized spacial score (nSPS) is 28.4. The zero-order chi connectivity index (χ0) is 12.8. The van der Waals surface area contributed by atoms with E-state index in [9.17, 15) is 4.79 Å². The molecule has 1 aliphatic rings. The number of hydrogen-bond donors (Lipinski definition) is 0. The molecule has 1 atom stereocenters. The molecule has 16 heavy (non-hydrogen) atoms. The Labute approximate surface area is 100 Å². The van der Waals surface area contributed by atoms with Crippen molar-refractivity contribution in [3.63, 3.8) is 0 Å². The van der Waals surface area contributed by atoms with Crippen LogP contribution in [0.4, 0.5) is 0 Å². The first-order valence-corrected chi connectivity index (χ1v) is 6.32. The first-order valence-electron chi connectivity index (χ1n) is 6.32. The lowest BCUT2D eigenvalue weighted by molar-refractivity contribution is -0.139. The largest absolute Gasteiger partial charge is 0.297 e. The van der Waals surface area contributed by atoms with Crippen LogP contribution in [-0.4, -0.2) is 28.3 Å². The van der Waals surface area contributed by atoms with Gasteiger partial charge in [-0.2, -0.15) is 0 Å². The third kappa shape index (κ3) is 2.32. The van der Waals surface area contributed by atoms with Gasteiger partial charge < -0.3 is 0 Å². The van der Waals surface area contributed by atoms with E-state index < -0.39 is 0 Å². The van der Waals surface area contributed by atoms with E-state index in [0.29, 0.717) is 5.78 Å². The van der Waals surface area contributed by atoms with Crippen molar-refractivity contribution >= 4 is 5.78 Å². The van der Waals surface area contributed by atoms with E-state index in [0.717, 1.165) is 19.4 Å². The number of rotatable bonds is 1. The number of carbonyl (C=O) groups is 1. The molecule has 0 spiro atoms. The van der Waals surface area contributed by atoms with Gasteiger partial charge in [0.1, 0.15) is 0 Å². The van der Waals surface area contributed by atoms with Crippen molar-refractivity contribution in [3.05, 3.63) is 0 Å². The smallest absolute Gasteiger partial charge is 0.158 e. The van der Waals surface area contributed by atoms with Crippen molar-refractivity contribution in [1.29, 1.82) is 0 Å². The highest BCUT2D eigenvalue weighted by atomic mass is 16.1. The first kappa shape index (κ1) is 13.7. The quantitative estimate of drug-likeness (QED) is 0.682. The van der Waals surface area contributed by atoms with E-state index in [-0.39, 0.29) is 16.5 Å². The van der Waals surface area contributed by atoms with Gasteiger partial charge in [0.25, 0.3) is 0 Å². The van der Waals surface area contributed by atoms with Crippen molar-refractivity contribution in [2.45, 2.75) is 72.4 Å². The van der Waals surface area contributed by atoms with Gasteiger partial charge in [-0.25, -0.2) is 0 Å². The summed E-state index contributed by atoms with van der Waals surface area (Å²) in [6.07, 6.45) is 2.13. The summed E-state index contributed by atoms with van der Waals surface area (Å²) in [6, 6.07) is 0. The maximum Gasteiger partial charge on any atom is 0.158 e. The van der Waals surface area contributed by atoms with Crippen molar-refractivity contribution in [3.8, 4) is 0 Å². The van der Waals surface area contributed by atoms with Gasteiger partial charge in [-0.15, -0.1) is 0 Å². The maximum atomic E-state index is 12.6. The van der Waals surface area contributed by atoms with Gasteiger partial charge in [0.2, 0.25) is 0 Å². The topological polar surface area (TPSA) is 20.3 Å². The highest BCUT2D eigenvalue weighted by molar-refractivity contribution is 5.92. The van der Waals surface area contributed by atoms with Gasteiger partial charge >= 0.3 is 0 Å². The van der Waals surface area contributed by atoms with Crippen LogP contribution in [0.3, 0.4) is 0 Å². The van der Waals surface area contributed by atoms with Crippen LogP contribution < -0.4 is 0 Å². The molecule has 0 N–H and O–H groups in total. The molecule has 1 rings (SSSR count). The molecule has 0 aliphatic carbocycles. The summed E-state index contributed by atoms with van der Waals surface area (Å²) in [6.45, 7) is 15.9. The summed E-state index contributed by atoms with van der Waals surface area (Å²) in [7, 11) is 0. The molecule has 0 aromatic heterocycles. The van der Waals surface area contributed by atoms with Crippen molar-refractivity contribution in [2.24, 2.45) is 5.41 Å². The fraction of sp³-hybridized carbons (Fsp3) is 0.929. The lowest BCUT2D eigenvalue weighted by Gasteiger charge is -2.45. The fourth-order valence-corrected chi connectivity index (χ4v) is 3.08. The second-order valence-electron chi connectivity index (χ2n) is 7.28. The Morgan fingerprint density at radius 3 is 2.00 bits per heavy atom. The van der Waals surface area contributed by atoms with Gasteiger partial charge in [0.15, 0.2) is 5.78 Å². The molecule has 0 saturated carbocycles. The molecular weight excluding hydrogens is 198 g/mol. The van der Waals surface area contributed by atoms with E-state index >= 15 is 0 Å². The molecule has 1 aliphatic heterocycles. The van der Waals surface area contributed by atoms with Crippen molar-refractivity contribution in [1.82, 2.24) is 4.90 Å². The lowest BCUT2D eigenvalue weighted by atomic mass is 9.76. The Morgan fingerprint density at radius 2 is 1.62 bits per heavy atom. The van der Waals surface area contributed by atoms with E-state index in [4.69, 9.17) is 0 Å². The summed E-state index contributed by atoms with van der Waals surface area (Å²) in [5.41, 5.74) is -0.439. The van der Waals surface area contributed by atoms with Crippen LogP contribution in [0.5, 0.6) is 0 Å². The molecule has 1 saturated heterocycles. The van der Waals surface area contributed by atoms with E-state index in [1.807, 2.05) is 20.8 Å². The van der Waals surface area contributed by atoms with Gasteiger partial charge in [-0.3, -0.25) is 9.69 Å². The monoisotopic (exact) mass is 225 g/mol. The molecular formula is C14H27NO. The van der Waals surface area contributed by atoms with Crippen molar-refractivity contribution < 1.29 is 4.79 Å². The third-order valence-corrected chi connectivity index (χ3v) is 3.62. The van der Waals surface area contributed by atoms with Crippen molar-refractivity contribution in [2.75, 3.05) is 6.54 Å². The Bertz CT molecular complexity index is 282. The van der Waals surface area contributed by atoms with Gasteiger partial charge in [0, 0.05) is 11.0 Å². The highest BCUT2D eigenvalue weighted by Crippen LogP contribution is 2.39. The van der Waals surface area contributed by atoms with Crippen LogP contribution in [0.1, 0.15) is 61.3 Å². The Balaban J connectivity index is 3.04. The minimum absolute atomic E-state index is 0.0756. The minimum Gasteiger partial charge on any atom is -0.297 e. The predicted octanol–water partition coefficient (Wildman–Crippen LogP) is 3.25. The molecule has 0 radical (unpaired) electrons. The average molecular weight is 225 g/mol. The second kappa shape index (κ2) is 3.83. The molecule has 1 fully saturated rings. The van der Waals surface area contributed by atoms with Crippen LogP contribution >= 0.6 is 0 Å². The zero-order valence-corrected chi connectivity index (χ0v) is 12.0. The Morgan fingerprint density at radius 1 is 1.12 bits per heavy atom.